The van der Waals surface area contributed by atoms with E-state index in [1.807, 2.05) is 6.07 Å². The average molecular weight is 340 g/mol. The fourth-order valence-electron chi connectivity index (χ4n) is 2.21. The average Bonchev–Trinajstić information content (AvgIpc) is 2.65. The molecule has 0 spiro atoms. The summed E-state index contributed by atoms with van der Waals surface area (Å²) < 4.78 is 4.64. The van der Waals surface area contributed by atoms with Gasteiger partial charge in [-0.15, -0.1) is 0 Å². The van der Waals surface area contributed by atoms with Crippen LogP contribution in [0.1, 0.15) is 33.6 Å². The van der Waals surface area contributed by atoms with Gasteiger partial charge in [-0.1, -0.05) is 24.3 Å². The molecule has 2 aromatic rings. The molecule has 0 saturated heterocycles. The van der Waals surface area contributed by atoms with Crippen molar-refractivity contribution in [1.82, 2.24) is 5.32 Å². The molecule has 25 heavy (non-hydrogen) atoms. The van der Waals surface area contributed by atoms with Crippen LogP contribution in [-0.2, 0) is 9.53 Å². The second-order valence-electron chi connectivity index (χ2n) is 5.35. The van der Waals surface area contributed by atoms with E-state index in [0.717, 1.165) is 0 Å². The lowest BCUT2D eigenvalue weighted by Gasteiger charge is -2.08. The molecule has 0 saturated carbocycles. The molecular weight excluding hydrogens is 320 g/mol. The van der Waals surface area contributed by atoms with Crippen molar-refractivity contribution in [1.29, 1.82) is 0 Å². The molecule has 6 heteroatoms. The van der Waals surface area contributed by atoms with Crippen LogP contribution in [0.2, 0.25) is 0 Å². The Morgan fingerprint density at radius 1 is 0.960 bits per heavy atom. The van der Waals surface area contributed by atoms with Gasteiger partial charge in [-0.25, -0.2) is 4.79 Å². The summed E-state index contributed by atoms with van der Waals surface area (Å²) in [5.41, 5.74) is 1.49. The number of methoxy groups -OCH3 is 1. The highest BCUT2D eigenvalue weighted by molar-refractivity contribution is 5.95. The van der Waals surface area contributed by atoms with Crippen LogP contribution in [0, 0.1) is 0 Å². The summed E-state index contributed by atoms with van der Waals surface area (Å²) in [4.78, 5) is 35.3. The third-order valence-electron chi connectivity index (χ3n) is 3.47. The van der Waals surface area contributed by atoms with E-state index in [9.17, 15) is 14.4 Å². The number of hydrogen-bond acceptors (Lipinski definition) is 4. The molecule has 0 aromatic heterocycles. The van der Waals surface area contributed by atoms with Gasteiger partial charge in [0.05, 0.1) is 12.7 Å². The minimum atomic E-state index is -0.459. The first-order valence-electron chi connectivity index (χ1n) is 7.91. The van der Waals surface area contributed by atoms with Crippen molar-refractivity contribution in [3.05, 3.63) is 65.7 Å². The summed E-state index contributed by atoms with van der Waals surface area (Å²) in [5.74, 6) is -0.803. The Hall–Kier alpha value is -3.15. The lowest BCUT2D eigenvalue weighted by atomic mass is 10.2. The van der Waals surface area contributed by atoms with Gasteiger partial charge in [-0.05, 0) is 36.8 Å². The van der Waals surface area contributed by atoms with E-state index in [1.54, 1.807) is 48.5 Å². The van der Waals surface area contributed by atoms with E-state index in [0.29, 0.717) is 29.8 Å². The molecule has 0 bridgehead atoms. The zero-order chi connectivity index (χ0) is 18.1. The van der Waals surface area contributed by atoms with Crippen molar-refractivity contribution < 1.29 is 19.1 Å². The van der Waals surface area contributed by atoms with E-state index < -0.39 is 5.97 Å². The number of hydrogen-bond donors (Lipinski definition) is 2. The second-order valence-corrected chi connectivity index (χ2v) is 5.35. The van der Waals surface area contributed by atoms with Crippen LogP contribution in [-0.4, -0.2) is 31.4 Å². The molecule has 6 nitrogen and oxygen atoms in total. The number of carbonyl (C=O) groups excluding carboxylic acids is 3. The van der Waals surface area contributed by atoms with E-state index in [1.165, 1.54) is 7.11 Å². The van der Waals surface area contributed by atoms with Gasteiger partial charge < -0.3 is 15.4 Å². The van der Waals surface area contributed by atoms with Gasteiger partial charge >= 0.3 is 5.97 Å². The highest BCUT2D eigenvalue weighted by Gasteiger charge is 2.08. The molecule has 0 fully saturated rings. The molecule has 0 aliphatic carbocycles. The minimum Gasteiger partial charge on any atom is -0.465 e. The zero-order valence-corrected chi connectivity index (χ0v) is 14.0. The van der Waals surface area contributed by atoms with Crippen molar-refractivity contribution in [3.63, 3.8) is 0 Å². The van der Waals surface area contributed by atoms with Crippen LogP contribution in [0.3, 0.4) is 0 Å². The third-order valence-corrected chi connectivity index (χ3v) is 3.47. The molecule has 2 amide bonds. The smallest absolute Gasteiger partial charge is 0.337 e. The lowest BCUT2D eigenvalue weighted by Crippen LogP contribution is -2.25. The van der Waals surface area contributed by atoms with Gasteiger partial charge in [0, 0.05) is 24.2 Å². The Morgan fingerprint density at radius 3 is 2.40 bits per heavy atom. The van der Waals surface area contributed by atoms with E-state index in [-0.39, 0.29) is 18.2 Å². The molecule has 0 radical (unpaired) electrons. The molecule has 0 atom stereocenters. The maximum atomic E-state index is 11.9. The van der Waals surface area contributed by atoms with Crippen LogP contribution >= 0.6 is 0 Å². The number of carbonyl (C=O) groups is 3. The summed E-state index contributed by atoms with van der Waals surface area (Å²) in [5, 5.41) is 5.49. The van der Waals surface area contributed by atoms with E-state index >= 15 is 0 Å². The Morgan fingerprint density at radius 2 is 1.68 bits per heavy atom. The summed E-state index contributed by atoms with van der Waals surface area (Å²) in [6.07, 6.45) is 0.776. The van der Waals surface area contributed by atoms with Gasteiger partial charge in [0.15, 0.2) is 0 Å². The van der Waals surface area contributed by atoms with E-state index in [4.69, 9.17) is 0 Å². The van der Waals surface area contributed by atoms with Crippen LogP contribution in [0.25, 0.3) is 0 Å². The molecule has 0 aliphatic rings. The number of rotatable bonds is 7. The highest BCUT2D eigenvalue weighted by Crippen LogP contribution is 2.12. The Bertz CT molecular complexity index is 744. The van der Waals surface area contributed by atoms with Crippen molar-refractivity contribution in [2.24, 2.45) is 0 Å². The Kier molecular flexibility index (Phi) is 6.71. The predicted molar refractivity (Wildman–Crippen MR) is 94.4 cm³/mol. The first-order chi connectivity index (χ1) is 12.1. The molecule has 2 N–H and O–H groups in total. The molecule has 2 rings (SSSR count). The topological polar surface area (TPSA) is 84.5 Å². The van der Waals surface area contributed by atoms with Crippen molar-refractivity contribution in [2.45, 2.75) is 12.8 Å². The normalized spacial score (nSPS) is 9.96. The van der Waals surface area contributed by atoms with Crippen molar-refractivity contribution in [3.8, 4) is 0 Å². The molecular formula is C19H20N2O4. The van der Waals surface area contributed by atoms with Crippen molar-refractivity contribution in [2.75, 3.05) is 19.0 Å². The Labute approximate surface area is 146 Å². The van der Waals surface area contributed by atoms with Gasteiger partial charge in [0.25, 0.3) is 5.91 Å². The summed E-state index contributed by atoms with van der Waals surface area (Å²) in [6.45, 7) is 0.406. The van der Waals surface area contributed by atoms with Crippen LogP contribution in [0.4, 0.5) is 5.69 Å². The zero-order valence-electron chi connectivity index (χ0n) is 14.0. The summed E-state index contributed by atoms with van der Waals surface area (Å²) in [7, 11) is 1.30. The van der Waals surface area contributed by atoms with Crippen LogP contribution in [0.15, 0.2) is 54.6 Å². The highest BCUT2D eigenvalue weighted by atomic mass is 16.5. The second kappa shape index (κ2) is 9.22. The summed E-state index contributed by atoms with van der Waals surface area (Å²) in [6, 6.07) is 15.4. The SMILES string of the molecule is COC(=O)c1cccc(NC(=O)CCCNC(=O)c2ccccc2)c1. The minimum absolute atomic E-state index is 0.160. The standard InChI is InChI=1S/C19H20N2O4/c1-25-19(24)15-9-5-10-16(13-15)21-17(22)11-6-12-20-18(23)14-7-3-2-4-8-14/h2-5,7-10,13H,6,11-12H2,1H3,(H,20,23)(H,21,22). The number of ether oxygens (including phenoxy) is 1. The lowest BCUT2D eigenvalue weighted by molar-refractivity contribution is -0.116. The first kappa shape index (κ1) is 18.2. The molecule has 0 unspecified atom stereocenters. The maximum absolute atomic E-state index is 11.9. The van der Waals surface area contributed by atoms with E-state index in [2.05, 4.69) is 15.4 Å². The molecule has 0 aliphatic heterocycles. The van der Waals surface area contributed by atoms with Gasteiger partial charge in [-0.3, -0.25) is 9.59 Å². The number of nitrogens with one attached hydrogen (secondary N) is 2. The van der Waals surface area contributed by atoms with Crippen molar-refractivity contribution >= 4 is 23.5 Å². The van der Waals surface area contributed by atoms with Gasteiger partial charge in [-0.2, -0.15) is 0 Å². The first-order valence-corrected chi connectivity index (χ1v) is 7.91. The number of esters is 1. The van der Waals surface area contributed by atoms with Gasteiger partial charge in [0.2, 0.25) is 5.91 Å². The third kappa shape index (κ3) is 5.76. The van der Waals surface area contributed by atoms with Crippen LogP contribution < -0.4 is 10.6 Å². The number of anilines is 1. The van der Waals surface area contributed by atoms with Gasteiger partial charge in [0.1, 0.15) is 0 Å². The molecule has 0 heterocycles. The number of amides is 2. The molecule has 2 aromatic carbocycles. The largest absolute Gasteiger partial charge is 0.465 e. The monoisotopic (exact) mass is 340 g/mol. The summed E-state index contributed by atoms with van der Waals surface area (Å²) >= 11 is 0. The predicted octanol–water partition coefficient (Wildman–Crippen LogP) is 2.62. The maximum Gasteiger partial charge on any atom is 0.337 e. The Balaban J connectivity index is 1.74. The van der Waals surface area contributed by atoms with Crippen LogP contribution in [0.5, 0.6) is 0 Å². The number of benzene rings is 2. The quantitative estimate of drug-likeness (QED) is 0.599. The fourth-order valence-corrected chi connectivity index (χ4v) is 2.21. The molecule has 130 valence electrons. The fraction of sp³-hybridized carbons (Fsp3) is 0.211.